The molecule has 0 spiro atoms. The molecule has 0 atom stereocenters. The quantitative estimate of drug-likeness (QED) is 0.168. The minimum Gasteiger partial charge on any atom is -0.333 e. The molecule has 6 rings (SSSR count). The number of aromatic nitrogens is 3. The van der Waals surface area contributed by atoms with E-state index in [0.717, 1.165) is 23.1 Å². The Bertz CT molecular complexity index is 1950. The number of halogens is 2. The van der Waals surface area contributed by atoms with Crippen LogP contribution < -0.4 is 0 Å². The van der Waals surface area contributed by atoms with E-state index in [9.17, 15) is 8.78 Å². The van der Waals surface area contributed by atoms with Crippen LogP contribution in [-0.4, -0.2) is 14.5 Å². The topological polar surface area (TPSA) is 54.5 Å². The van der Waals surface area contributed by atoms with Gasteiger partial charge in [-0.15, -0.1) is 48.0 Å². The summed E-state index contributed by atoms with van der Waals surface area (Å²) in [4.78, 5) is 8.77. The van der Waals surface area contributed by atoms with Gasteiger partial charge in [0.1, 0.15) is 0 Å². The van der Waals surface area contributed by atoms with E-state index in [1.54, 1.807) is 18.2 Å². The second kappa shape index (κ2) is 14.3. The Hall–Kier alpha value is -4.76. The van der Waals surface area contributed by atoms with Crippen molar-refractivity contribution in [1.29, 1.82) is 5.26 Å². The van der Waals surface area contributed by atoms with Crippen molar-refractivity contribution in [2.24, 2.45) is 0 Å². The minimum absolute atomic E-state index is 0. The number of nitrogens with zero attached hydrogens (tertiary/aromatic N) is 4. The molecule has 0 bridgehead atoms. The zero-order chi connectivity index (χ0) is 31.4. The van der Waals surface area contributed by atoms with Gasteiger partial charge in [-0.25, -0.2) is 0 Å². The molecule has 0 saturated carbocycles. The number of pyridine rings is 1. The van der Waals surface area contributed by atoms with Gasteiger partial charge in [-0.1, -0.05) is 53.6 Å². The fraction of sp³-hybridized carbons (Fsp3) is 0.132. The Kier molecular flexibility index (Phi) is 10.6. The number of imidazole rings is 1. The van der Waals surface area contributed by atoms with Gasteiger partial charge in [-0.2, -0.15) is 5.26 Å². The summed E-state index contributed by atoms with van der Waals surface area (Å²) < 4.78 is 29.0. The molecule has 0 fully saturated rings. The molecule has 0 N–H and O–H groups in total. The Morgan fingerprint density at radius 1 is 0.800 bits per heavy atom. The minimum atomic E-state index is -0.929. The number of hydrogen-bond acceptors (Lipinski definition) is 3. The van der Waals surface area contributed by atoms with Gasteiger partial charge in [-0.3, -0.25) is 13.8 Å². The van der Waals surface area contributed by atoms with Crippen LogP contribution in [0.25, 0.3) is 39.6 Å². The predicted molar refractivity (Wildman–Crippen MR) is 170 cm³/mol. The summed E-state index contributed by atoms with van der Waals surface area (Å²) >= 11 is 0. The molecule has 45 heavy (non-hydrogen) atoms. The first-order valence-electron chi connectivity index (χ1n) is 14.1. The van der Waals surface area contributed by atoms with Gasteiger partial charge in [0.2, 0.25) is 0 Å². The van der Waals surface area contributed by atoms with Gasteiger partial charge >= 0.3 is 0 Å². The van der Waals surface area contributed by atoms with Gasteiger partial charge in [0, 0.05) is 49.3 Å². The number of rotatable bonds is 4. The van der Waals surface area contributed by atoms with E-state index in [0.29, 0.717) is 5.69 Å². The van der Waals surface area contributed by atoms with Crippen LogP contribution in [0.5, 0.6) is 0 Å². The van der Waals surface area contributed by atoms with E-state index >= 15 is 0 Å². The van der Waals surface area contributed by atoms with Crippen molar-refractivity contribution in [1.82, 2.24) is 14.5 Å². The standard InChI is InChI=1S/C26H25N2.C12H5F2N2.Ir/c1-17-14-20(4)25(21(5)15-17)28-23(24-18(2)10-9-11-19(24)3)16-27-26(28)22-12-7-6-8-13-22;13-10-5-4-8(12(14)9(10)7-15)11-3-1-2-6-16-11;/h6-12,14-16H,1-5H3;1-3,5-6H;/q2*-1;. The van der Waals surface area contributed by atoms with Crippen molar-refractivity contribution >= 4 is 0 Å². The van der Waals surface area contributed by atoms with Crippen LogP contribution in [-0.2, 0) is 20.1 Å². The fourth-order valence-electron chi connectivity index (χ4n) is 5.52. The van der Waals surface area contributed by atoms with Gasteiger partial charge in [0.15, 0.2) is 0 Å². The molecule has 7 heteroatoms. The molecule has 227 valence electrons. The molecule has 4 aromatic carbocycles. The largest absolute Gasteiger partial charge is 0.333 e. The molecule has 6 aromatic rings. The molecule has 2 heterocycles. The first-order chi connectivity index (χ1) is 21.2. The zero-order valence-corrected chi connectivity index (χ0v) is 27.9. The average molecular weight is 773 g/mol. The Morgan fingerprint density at radius 2 is 1.49 bits per heavy atom. The molecule has 4 nitrogen and oxygen atoms in total. The molecule has 2 aromatic heterocycles. The van der Waals surface area contributed by atoms with Gasteiger partial charge in [-0.05, 0) is 68.6 Å². The van der Waals surface area contributed by atoms with Crippen molar-refractivity contribution in [3.05, 3.63) is 148 Å². The van der Waals surface area contributed by atoms with Crippen LogP contribution in [0, 0.1) is 69.7 Å². The Labute approximate surface area is 276 Å². The van der Waals surface area contributed by atoms with Gasteiger partial charge in [0.05, 0.1) is 29.2 Å². The summed E-state index contributed by atoms with van der Waals surface area (Å²) in [5.41, 5.74) is 10.6. The van der Waals surface area contributed by atoms with E-state index in [1.165, 1.54) is 51.3 Å². The van der Waals surface area contributed by atoms with Crippen LogP contribution in [0.4, 0.5) is 8.78 Å². The van der Waals surface area contributed by atoms with Crippen LogP contribution in [0.1, 0.15) is 33.4 Å². The third-order valence-electron chi connectivity index (χ3n) is 7.36. The van der Waals surface area contributed by atoms with E-state index in [2.05, 4.69) is 92.7 Å². The van der Waals surface area contributed by atoms with Crippen LogP contribution in [0.2, 0.25) is 0 Å². The molecular formula is C38H30F2IrN4-2. The van der Waals surface area contributed by atoms with Gasteiger partial charge < -0.3 is 9.55 Å². The first-order valence-corrected chi connectivity index (χ1v) is 14.1. The van der Waals surface area contributed by atoms with Crippen LogP contribution in [0.3, 0.4) is 0 Å². The predicted octanol–water partition coefficient (Wildman–Crippen LogP) is 9.24. The third kappa shape index (κ3) is 6.83. The fourth-order valence-corrected chi connectivity index (χ4v) is 5.52. The van der Waals surface area contributed by atoms with E-state index in [-0.39, 0.29) is 25.7 Å². The van der Waals surface area contributed by atoms with Gasteiger partial charge in [0.25, 0.3) is 0 Å². The second-order valence-corrected chi connectivity index (χ2v) is 10.6. The molecule has 0 saturated heterocycles. The zero-order valence-electron chi connectivity index (χ0n) is 25.5. The van der Waals surface area contributed by atoms with Crippen molar-refractivity contribution in [2.45, 2.75) is 34.6 Å². The molecule has 0 aliphatic rings. The third-order valence-corrected chi connectivity index (χ3v) is 7.36. The number of nitriles is 1. The van der Waals surface area contributed by atoms with Crippen molar-refractivity contribution in [3.8, 4) is 45.7 Å². The van der Waals surface area contributed by atoms with Crippen molar-refractivity contribution < 1.29 is 28.9 Å². The van der Waals surface area contributed by atoms with Crippen molar-refractivity contribution in [3.63, 3.8) is 0 Å². The average Bonchev–Trinajstić information content (AvgIpc) is 3.42. The monoisotopic (exact) mass is 773 g/mol. The SMILES string of the molecule is Cc1cc(C)c(-n2c(-c3c(C)cccc3C)cnc2-c2[c-]cccc2)c(C)c1.N#Cc1c(F)c[c-]c(-c2ccccn2)c1F.[Ir]. The molecular weight excluding hydrogens is 743 g/mol. The first kappa shape index (κ1) is 33.1. The molecule has 0 aliphatic carbocycles. The molecule has 0 amide bonds. The summed E-state index contributed by atoms with van der Waals surface area (Å²) in [6.07, 6.45) is 3.49. The Morgan fingerprint density at radius 3 is 2.09 bits per heavy atom. The summed E-state index contributed by atoms with van der Waals surface area (Å²) in [7, 11) is 0. The normalized spacial score (nSPS) is 10.4. The number of benzene rings is 4. The maximum Gasteiger partial charge on any atom is 0.0848 e. The number of aryl methyl sites for hydroxylation is 5. The van der Waals surface area contributed by atoms with Crippen LogP contribution in [0.15, 0.2) is 91.3 Å². The summed E-state index contributed by atoms with van der Waals surface area (Å²) in [5.74, 6) is -0.922. The molecule has 0 unspecified atom stereocenters. The number of hydrogen-bond donors (Lipinski definition) is 0. The second-order valence-electron chi connectivity index (χ2n) is 10.6. The summed E-state index contributed by atoms with van der Waals surface area (Å²) in [6, 6.07) is 32.1. The van der Waals surface area contributed by atoms with E-state index in [4.69, 9.17) is 10.2 Å². The Balaban J connectivity index is 0.000000231. The smallest absolute Gasteiger partial charge is 0.0848 e. The maximum absolute atomic E-state index is 13.7. The summed E-state index contributed by atoms with van der Waals surface area (Å²) in [5, 5.41) is 8.61. The molecule has 1 radical (unpaired) electrons. The van der Waals surface area contributed by atoms with E-state index < -0.39 is 17.2 Å². The molecule has 0 aliphatic heterocycles. The van der Waals surface area contributed by atoms with E-state index in [1.807, 2.05) is 24.4 Å². The summed E-state index contributed by atoms with van der Waals surface area (Å²) in [6.45, 7) is 10.9. The maximum atomic E-state index is 13.7. The van der Waals surface area contributed by atoms with Crippen LogP contribution >= 0.6 is 0 Å². The van der Waals surface area contributed by atoms with Crippen molar-refractivity contribution in [2.75, 3.05) is 0 Å².